The second-order valence-electron chi connectivity index (χ2n) is 4.81. The molecule has 3 N–H and O–H groups in total. The summed E-state index contributed by atoms with van der Waals surface area (Å²) in [4.78, 5) is 22.7. The second kappa shape index (κ2) is 9.61. The van der Waals surface area contributed by atoms with Crippen LogP contribution in [0.1, 0.15) is 40.5 Å². The summed E-state index contributed by atoms with van der Waals surface area (Å²) in [5, 5.41) is 14.2. The van der Waals surface area contributed by atoms with Crippen LogP contribution in [0.25, 0.3) is 0 Å². The Labute approximate surface area is 114 Å². The van der Waals surface area contributed by atoms with Crippen LogP contribution in [0.2, 0.25) is 0 Å². The molecule has 0 radical (unpaired) electrons. The van der Waals surface area contributed by atoms with Gasteiger partial charge in [0.1, 0.15) is 6.04 Å². The maximum Gasteiger partial charge on any atom is 0.326 e. The van der Waals surface area contributed by atoms with Crippen molar-refractivity contribution >= 4 is 12.0 Å². The summed E-state index contributed by atoms with van der Waals surface area (Å²) in [5.74, 6) is -0.797. The molecule has 0 aromatic heterocycles. The van der Waals surface area contributed by atoms with E-state index in [2.05, 4.69) is 10.6 Å². The minimum Gasteiger partial charge on any atom is -0.480 e. The second-order valence-corrected chi connectivity index (χ2v) is 4.81. The van der Waals surface area contributed by atoms with Crippen molar-refractivity contribution in [2.24, 2.45) is 5.92 Å². The lowest BCUT2D eigenvalue weighted by Crippen LogP contribution is -2.51. The van der Waals surface area contributed by atoms with Gasteiger partial charge in [-0.1, -0.05) is 27.2 Å². The fourth-order valence-electron chi connectivity index (χ4n) is 1.56. The van der Waals surface area contributed by atoms with Crippen LogP contribution in [0.3, 0.4) is 0 Å². The normalized spacial score (nSPS) is 13.9. The molecule has 19 heavy (non-hydrogen) atoms. The van der Waals surface area contributed by atoms with Crippen molar-refractivity contribution < 1.29 is 19.4 Å². The minimum absolute atomic E-state index is 0.129. The van der Waals surface area contributed by atoms with Gasteiger partial charge in [0.05, 0.1) is 12.6 Å². The van der Waals surface area contributed by atoms with E-state index >= 15 is 0 Å². The van der Waals surface area contributed by atoms with Crippen LogP contribution in [-0.4, -0.2) is 42.4 Å². The number of carboxylic acid groups (broad SMARTS) is 1. The number of hydrogen-bond acceptors (Lipinski definition) is 3. The molecule has 0 spiro atoms. The number of urea groups is 1. The average Bonchev–Trinajstić information content (AvgIpc) is 2.33. The first-order valence-corrected chi connectivity index (χ1v) is 6.79. The molecule has 0 heterocycles. The molecule has 6 heteroatoms. The minimum atomic E-state index is -1.01. The highest BCUT2D eigenvalue weighted by Gasteiger charge is 2.21. The Bertz CT molecular complexity index is 282. The Kier molecular flexibility index (Phi) is 8.95. The molecule has 0 aromatic rings. The van der Waals surface area contributed by atoms with Gasteiger partial charge in [0.15, 0.2) is 0 Å². The number of nitrogens with one attached hydrogen (secondary N) is 2. The van der Waals surface area contributed by atoms with E-state index < -0.39 is 18.0 Å². The topological polar surface area (TPSA) is 87.7 Å². The standard InChI is InChI=1S/C13H26N2O4/c1-5-7-10(12(16)17)14-13(18)15-11(9(3)4)8-19-6-2/h9-11H,5-8H2,1-4H3,(H,16,17)(H2,14,15,18). The summed E-state index contributed by atoms with van der Waals surface area (Å²) < 4.78 is 5.30. The lowest BCUT2D eigenvalue weighted by molar-refractivity contribution is -0.139. The molecule has 0 rings (SSSR count). The zero-order valence-corrected chi connectivity index (χ0v) is 12.2. The molecule has 0 bridgehead atoms. The molecule has 0 aliphatic rings. The third kappa shape index (κ3) is 7.66. The van der Waals surface area contributed by atoms with Crippen LogP contribution in [0.4, 0.5) is 4.79 Å². The van der Waals surface area contributed by atoms with E-state index in [9.17, 15) is 9.59 Å². The third-order valence-electron chi connectivity index (χ3n) is 2.80. The fraction of sp³-hybridized carbons (Fsp3) is 0.846. The van der Waals surface area contributed by atoms with Gasteiger partial charge >= 0.3 is 12.0 Å². The van der Waals surface area contributed by atoms with Gasteiger partial charge in [-0.05, 0) is 19.3 Å². The van der Waals surface area contributed by atoms with Gasteiger partial charge in [-0.25, -0.2) is 9.59 Å². The molecule has 0 aliphatic heterocycles. The lowest BCUT2D eigenvalue weighted by atomic mass is 10.1. The van der Waals surface area contributed by atoms with Crippen molar-refractivity contribution in [2.45, 2.75) is 52.6 Å². The Morgan fingerprint density at radius 3 is 2.26 bits per heavy atom. The number of hydrogen-bond donors (Lipinski definition) is 3. The van der Waals surface area contributed by atoms with Crippen LogP contribution in [0.15, 0.2) is 0 Å². The predicted molar refractivity (Wildman–Crippen MR) is 73.1 cm³/mol. The van der Waals surface area contributed by atoms with Crippen molar-refractivity contribution in [3.05, 3.63) is 0 Å². The molecule has 2 unspecified atom stereocenters. The van der Waals surface area contributed by atoms with E-state index in [4.69, 9.17) is 9.84 Å². The van der Waals surface area contributed by atoms with Crippen LogP contribution in [0.5, 0.6) is 0 Å². The number of amides is 2. The van der Waals surface area contributed by atoms with E-state index in [1.807, 2.05) is 27.7 Å². The van der Waals surface area contributed by atoms with Gasteiger partial charge < -0.3 is 20.5 Å². The monoisotopic (exact) mass is 274 g/mol. The Balaban J connectivity index is 4.34. The van der Waals surface area contributed by atoms with Gasteiger partial charge in [-0.3, -0.25) is 0 Å². The van der Waals surface area contributed by atoms with Crippen LogP contribution < -0.4 is 10.6 Å². The highest BCUT2D eigenvalue weighted by Crippen LogP contribution is 2.03. The number of rotatable bonds is 9. The van der Waals surface area contributed by atoms with Crippen molar-refractivity contribution in [3.63, 3.8) is 0 Å². The van der Waals surface area contributed by atoms with E-state index in [1.165, 1.54) is 0 Å². The van der Waals surface area contributed by atoms with E-state index in [1.54, 1.807) is 0 Å². The summed E-state index contributed by atoms with van der Waals surface area (Å²) in [6.07, 6.45) is 1.12. The zero-order chi connectivity index (χ0) is 14.8. The molecular weight excluding hydrogens is 248 g/mol. The molecule has 0 aliphatic carbocycles. The smallest absolute Gasteiger partial charge is 0.326 e. The first kappa shape index (κ1) is 17.7. The third-order valence-corrected chi connectivity index (χ3v) is 2.80. The maximum atomic E-state index is 11.8. The predicted octanol–water partition coefficient (Wildman–Crippen LogP) is 1.60. The molecule has 0 aromatic carbocycles. The summed E-state index contributed by atoms with van der Waals surface area (Å²) in [6, 6.07) is -1.43. The van der Waals surface area contributed by atoms with Gasteiger partial charge in [-0.2, -0.15) is 0 Å². The van der Waals surface area contributed by atoms with Gasteiger partial charge in [0, 0.05) is 6.61 Å². The van der Waals surface area contributed by atoms with Crippen LogP contribution in [0, 0.1) is 5.92 Å². The molecule has 2 amide bonds. The van der Waals surface area contributed by atoms with Gasteiger partial charge in [0.2, 0.25) is 0 Å². The molecule has 6 nitrogen and oxygen atoms in total. The molecule has 0 saturated carbocycles. The number of ether oxygens (including phenoxy) is 1. The highest BCUT2D eigenvalue weighted by atomic mass is 16.5. The molecular formula is C13H26N2O4. The Morgan fingerprint density at radius 2 is 1.84 bits per heavy atom. The van der Waals surface area contributed by atoms with Crippen molar-refractivity contribution in [1.29, 1.82) is 0 Å². The summed E-state index contributed by atoms with van der Waals surface area (Å²) in [7, 11) is 0. The van der Waals surface area contributed by atoms with E-state index in [0.29, 0.717) is 26.1 Å². The van der Waals surface area contributed by atoms with Crippen LogP contribution in [-0.2, 0) is 9.53 Å². The quantitative estimate of drug-likeness (QED) is 0.596. The summed E-state index contributed by atoms with van der Waals surface area (Å²) >= 11 is 0. The number of carboxylic acids is 1. The zero-order valence-electron chi connectivity index (χ0n) is 12.2. The molecule has 2 atom stereocenters. The molecule has 0 fully saturated rings. The van der Waals surface area contributed by atoms with E-state index in [-0.39, 0.29) is 12.0 Å². The molecule has 0 saturated heterocycles. The SMILES string of the molecule is CCCC(NC(=O)NC(COCC)C(C)C)C(=O)O. The van der Waals surface area contributed by atoms with Crippen molar-refractivity contribution in [3.8, 4) is 0 Å². The fourth-order valence-corrected chi connectivity index (χ4v) is 1.56. The van der Waals surface area contributed by atoms with Gasteiger partial charge in [0.25, 0.3) is 0 Å². The lowest BCUT2D eigenvalue weighted by Gasteiger charge is -2.23. The first-order valence-electron chi connectivity index (χ1n) is 6.79. The summed E-state index contributed by atoms with van der Waals surface area (Å²) in [6.45, 7) is 8.73. The van der Waals surface area contributed by atoms with Crippen LogP contribution >= 0.6 is 0 Å². The first-order chi connectivity index (χ1) is 8.92. The largest absolute Gasteiger partial charge is 0.480 e. The number of carbonyl (C=O) groups is 2. The Hall–Kier alpha value is -1.30. The number of carbonyl (C=O) groups excluding carboxylic acids is 1. The summed E-state index contributed by atoms with van der Waals surface area (Å²) in [5.41, 5.74) is 0. The molecule has 112 valence electrons. The van der Waals surface area contributed by atoms with Gasteiger partial charge in [-0.15, -0.1) is 0 Å². The average molecular weight is 274 g/mol. The Morgan fingerprint density at radius 1 is 1.21 bits per heavy atom. The van der Waals surface area contributed by atoms with Crippen molar-refractivity contribution in [1.82, 2.24) is 10.6 Å². The van der Waals surface area contributed by atoms with E-state index in [0.717, 1.165) is 0 Å². The highest BCUT2D eigenvalue weighted by molar-refractivity contribution is 5.82. The maximum absolute atomic E-state index is 11.8. The van der Waals surface area contributed by atoms with Crippen molar-refractivity contribution in [2.75, 3.05) is 13.2 Å². The number of aliphatic carboxylic acids is 1.